The lowest BCUT2D eigenvalue weighted by Gasteiger charge is -2.25. The number of rotatable bonds is 1. The van der Waals surface area contributed by atoms with Crippen LogP contribution in [-0.2, 0) is 9.53 Å². The van der Waals surface area contributed by atoms with E-state index in [1.807, 2.05) is 0 Å². The second kappa shape index (κ2) is 4.02. The lowest BCUT2D eigenvalue weighted by Crippen LogP contribution is -2.42. The topological polar surface area (TPSA) is 55.3 Å². The summed E-state index contributed by atoms with van der Waals surface area (Å²) in [5.41, 5.74) is 0. The van der Waals surface area contributed by atoms with Gasteiger partial charge in [-0.1, -0.05) is 0 Å². The summed E-state index contributed by atoms with van der Waals surface area (Å²) >= 11 is 3.18. The molecule has 2 rings (SSSR count). The largest absolute Gasteiger partial charge is 0.370 e. The fraction of sp³-hybridized carbons (Fsp3) is 0.375. The van der Waals surface area contributed by atoms with Gasteiger partial charge in [-0.2, -0.15) is 0 Å². The quantitative estimate of drug-likeness (QED) is 0.740. The summed E-state index contributed by atoms with van der Waals surface area (Å²) in [4.78, 5) is 13.0. The van der Waals surface area contributed by atoms with Crippen molar-refractivity contribution in [2.75, 3.05) is 24.7 Å². The van der Waals surface area contributed by atoms with Gasteiger partial charge in [-0.25, -0.2) is 0 Å². The van der Waals surface area contributed by atoms with Crippen molar-refractivity contribution >= 4 is 27.7 Å². The average molecular weight is 258 g/mol. The van der Waals surface area contributed by atoms with Crippen molar-refractivity contribution in [2.45, 2.75) is 0 Å². The van der Waals surface area contributed by atoms with Crippen LogP contribution in [0.1, 0.15) is 0 Å². The molecule has 1 amide bonds. The maximum absolute atomic E-state index is 11.4. The zero-order valence-corrected chi connectivity index (χ0v) is 8.90. The minimum Gasteiger partial charge on any atom is -0.370 e. The number of ether oxygens (including phenoxy) is 1. The molecule has 0 aliphatic carbocycles. The van der Waals surface area contributed by atoms with Gasteiger partial charge in [-0.15, -0.1) is 10.2 Å². The third-order valence-electron chi connectivity index (χ3n) is 1.88. The van der Waals surface area contributed by atoms with Gasteiger partial charge in [-0.05, 0) is 28.1 Å². The molecule has 5 nitrogen and oxygen atoms in total. The Bertz CT molecular complexity index is 341. The Kier molecular flexibility index (Phi) is 2.74. The number of hydrogen-bond donors (Lipinski definition) is 0. The van der Waals surface area contributed by atoms with Crippen LogP contribution in [0, 0.1) is 0 Å². The van der Waals surface area contributed by atoms with Crippen LogP contribution >= 0.6 is 15.9 Å². The number of carbonyl (C=O) groups excluding carboxylic acids is 1. The van der Waals surface area contributed by atoms with E-state index in [1.54, 1.807) is 17.0 Å². The van der Waals surface area contributed by atoms with Gasteiger partial charge in [-0.3, -0.25) is 9.69 Å². The Hall–Kier alpha value is -1.01. The first-order valence-corrected chi connectivity index (χ1v) is 4.94. The van der Waals surface area contributed by atoms with Gasteiger partial charge in [0.25, 0.3) is 5.91 Å². The summed E-state index contributed by atoms with van der Waals surface area (Å²) in [6.45, 7) is 1.20. The Balaban J connectivity index is 2.20. The first-order chi connectivity index (χ1) is 6.77. The van der Waals surface area contributed by atoms with E-state index in [0.717, 1.165) is 0 Å². The Labute approximate surface area is 89.2 Å². The maximum atomic E-state index is 11.4. The molecule has 0 saturated carbocycles. The molecular formula is C8H8BrN3O2. The molecule has 0 bridgehead atoms. The summed E-state index contributed by atoms with van der Waals surface area (Å²) in [6, 6.07) is 3.51. The summed E-state index contributed by atoms with van der Waals surface area (Å²) in [5.74, 6) is 0.495. The minimum absolute atomic E-state index is 0.0760. The van der Waals surface area contributed by atoms with Crippen molar-refractivity contribution in [3.05, 3.63) is 16.7 Å². The third kappa shape index (κ3) is 1.91. The molecule has 0 aromatic carbocycles. The lowest BCUT2D eigenvalue weighted by molar-refractivity contribution is -0.125. The predicted molar refractivity (Wildman–Crippen MR) is 52.9 cm³/mol. The van der Waals surface area contributed by atoms with Crippen LogP contribution in [0.2, 0.25) is 0 Å². The fourth-order valence-corrected chi connectivity index (χ4v) is 1.42. The molecule has 0 radical (unpaired) electrons. The van der Waals surface area contributed by atoms with Gasteiger partial charge in [0.1, 0.15) is 11.2 Å². The molecule has 1 aromatic rings. The van der Waals surface area contributed by atoms with Crippen LogP contribution in [0.25, 0.3) is 0 Å². The molecule has 1 aliphatic rings. The van der Waals surface area contributed by atoms with E-state index < -0.39 is 0 Å². The van der Waals surface area contributed by atoms with E-state index in [2.05, 4.69) is 26.1 Å². The van der Waals surface area contributed by atoms with Crippen molar-refractivity contribution in [3.63, 3.8) is 0 Å². The van der Waals surface area contributed by atoms with E-state index in [1.165, 1.54) is 0 Å². The summed E-state index contributed by atoms with van der Waals surface area (Å²) in [7, 11) is 0. The molecule has 0 atom stereocenters. The van der Waals surface area contributed by atoms with Crippen LogP contribution in [0.4, 0.5) is 5.82 Å². The second-order valence-electron chi connectivity index (χ2n) is 2.81. The van der Waals surface area contributed by atoms with Crippen molar-refractivity contribution in [3.8, 4) is 0 Å². The highest BCUT2D eigenvalue weighted by Gasteiger charge is 2.21. The number of amides is 1. The van der Waals surface area contributed by atoms with Gasteiger partial charge in [0.2, 0.25) is 0 Å². The molecule has 74 valence electrons. The molecule has 1 aliphatic heterocycles. The number of carbonyl (C=O) groups is 1. The van der Waals surface area contributed by atoms with Crippen molar-refractivity contribution in [2.24, 2.45) is 0 Å². The average Bonchev–Trinajstić information content (AvgIpc) is 2.20. The highest BCUT2D eigenvalue weighted by molar-refractivity contribution is 9.10. The molecule has 1 aromatic heterocycles. The van der Waals surface area contributed by atoms with E-state index in [-0.39, 0.29) is 12.5 Å². The highest BCUT2D eigenvalue weighted by Crippen LogP contribution is 2.14. The Morgan fingerprint density at radius 1 is 1.43 bits per heavy atom. The number of morpholine rings is 1. The fourth-order valence-electron chi connectivity index (χ4n) is 1.21. The number of nitrogens with zero attached hydrogens (tertiary/aromatic N) is 3. The molecule has 1 saturated heterocycles. The van der Waals surface area contributed by atoms with Crippen molar-refractivity contribution in [1.82, 2.24) is 10.2 Å². The van der Waals surface area contributed by atoms with Gasteiger partial charge < -0.3 is 4.74 Å². The molecular weight excluding hydrogens is 250 g/mol. The first kappa shape index (κ1) is 9.54. The van der Waals surface area contributed by atoms with Crippen molar-refractivity contribution < 1.29 is 9.53 Å². The van der Waals surface area contributed by atoms with Crippen molar-refractivity contribution in [1.29, 1.82) is 0 Å². The minimum atomic E-state index is -0.0760. The van der Waals surface area contributed by atoms with E-state index in [0.29, 0.717) is 23.6 Å². The third-order valence-corrected chi connectivity index (χ3v) is 2.30. The first-order valence-electron chi connectivity index (χ1n) is 4.15. The van der Waals surface area contributed by atoms with Crippen LogP contribution in [0.3, 0.4) is 0 Å². The number of hydrogen-bond acceptors (Lipinski definition) is 4. The molecule has 1 fully saturated rings. The van der Waals surface area contributed by atoms with Gasteiger partial charge in [0.15, 0.2) is 5.82 Å². The van der Waals surface area contributed by atoms with E-state index >= 15 is 0 Å². The zero-order valence-electron chi connectivity index (χ0n) is 7.31. The summed E-state index contributed by atoms with van der Waals surface area (Å²) in [6.07, 6.45) is 0. The number of halogens is 1. The summed E-state index contributed by atoms with van der Waals surface area (Å²) < 4.78 is 5.66. The zero-order chi connectivity index (χ0) is 9.97. The molecule has 0 spiro atoms. The Morgan fingerprint density at radius 2 is 2.29 bits per heavy atom. The van der Waals surface area contributed by atoms with Crippen LogP contribution < -0.4 is 4.90 Å². The molecule has 6 heteroatoms. The number of anilines is 1. The van der Waals surface area contributed by atoms with Crippen LogP contribution in [0.15, 0.2) is 16.7 Å². The summed E-state index contributed by atoms with van der Waals surface area (Å²) in [5, 5.41) is 7.73. The second-order valence-corrected chi connectivity index (χ2v) is 3.62. The lowest BCUT2D eigenvalue weighted by atomic mass is 10.4. The predicted octanol–water partition coefficient (Wildman–Crippen LogP) is 0.602. The van der Waals surface area contributed by atoms with E-state index in [9.17, 15) is 4.79 Å². The van der Waals surface area contributed by atoms with Gasteiger partial charge >= 0.3 is 0 Å². The maximum Gasteiger partial charge on any atom is 0.254 e. The normalized spacial score (nSPS) is 17.2. The monoisotopic (exact) mass is 257 g/mol. The molecule has 2 heterocycles. The van der Waals surface area contributed by atoms with E-state index in [4.69, 9.17) is 4.74 Å². The Morgan fingerprint density at radius 3 is 2.93 bits per heavy atom. The molecule has 0 unspecified atom stereocenters. The molecule has 14 heavy (non-hydrogen) atoms. The van der Waals surface area contributed by atoms with Gasteiger partial charge in [0, 0.05) is 0 Å². The number of aromatic nitrogens is 2. The van der Waals surface area contributed by atoms with Crippen LogP contribution in [0.5, 0.6) is 0 Å². The smallest absolute Gasteiger partial charge is 0.254 e. The highest BCUT2D eigenvalue weighted by atomic mass is 79.9. The van der Waals surface area contributed by atoms with Crippen LogP contribution in [-0.4, -0.2) is 35.9 Å². The van der Waals surface area contributed by atoms with Gasteiger partial charge in [0.05, 0.1) is 13.2 Å². The SMILES string of the molecule is O=C1COCCN1c1ccc(Br)nn1. The molecule has 0 N–H and O–H groups in total. The standard InChI is InChI=1S/C8H8BrN3O2/c9-6-1-2-7(11-10-6)12-3-4-14-5-8(12)13/h1-2H,3-5H2.